The molecular formula is C27H32FN5O3. The Bertz CT molecular complexity index is 1340. The molecule has 1 atom stereocenters. The van der Waals surface area contributed by atoms with Gasteiger partial charge in [-0.25, -0.2) is 14.4 Å². The third-order valence-corrected chi connectivity index (χ3v) is 6.43. The van der Waals surface area contributed by atoms with Gasteiger partial charge in [0.1, 0.15) is 29.8 Å². The SMILES string of the molecule is COCC(=O)N1CC=C(c2cc3c(N[C@@H](C)c4cc(N)cc(C)c4F)nc(C)nc3cc2OC)CC1. The van der Waals surface area contributed by atoms with Gasteiger partial charge >= 0.3 is 0 Å². The van der Waals surface area contributed by atoms with Gasteiger partial charge in [0.15, 0.2) is 0 Å². The van der Waals surface area contributed by atoms with E-state index < -0.39 is 0 Å². The molecule has 0 bridgehead atoms. The highest BCUT2D eigenvalue weighted by molar-refractivity contribution is 5.94. The molecule has 2 heterocycles. The fraction of sp³-hybridized carbons (Fsp3) is 0.370. The second-order valence-electron chi connectivity index (χ2n) is 9.05. The molecule has 190 valence electrons. The highest BCUT2D eigenvalue weighted by atomic mass is 19.1. The molecule has 1 aliphatic heterocycles. The molecule has 9 heteroatoms. The minimum absolute atomic E-state index is 0.0355. The van der Waals surface area contributed by atoms with E-state index in [0.717, 1.165) is 22.0 Å². The number of rotatable bonds is 7. The Morgan fingerprint density at radius 1 is 1.22 bits per heavy atom. The summed E-state index contributed by atoms with van der Waals surface area (Å²) in [5.41, 5.74) is 10.2. The molecule has 0 radical (unpaired) electrons. The number of anilines is 2. The van der Waals surface area contributed by atoms with Crippen LogP contribution in [0.25, 0.3) is 16.5 Å². The van der Waals surface area contributed by atoms with E-state index >= 15 is 0 Å². The topological polar surface area (TPSA) is 103 Å². The first-order valence-corrected chi connectivity index (χ1v) is 11.9. The lowest BCUT2D eigenvalue weighted by Gasteiger charge is -2.27. The molecule has 0 saturated heterocycles. The molecule has 3 aromatic rings. The number of nitrogen functional groups attached to an aromatic ring is 1. The minimum atomic E-state index is -0.385. The molecule has 36 heavy (non-hydrogen) atoms. The van der Waals surface area contributed by atoms with Gasteiger partial charge in [-0.1, -0.05) is 6.08 Å². The van der Waals surface area contributed by atoms with Crippen LogP contribution in [0.4, 0.5) is 15.9 Å². The number of amides is 1. The highest BCUT2D eigenvalue weighted by Gasteiger charge is 2.22. The van der Waals surface area contributed by atoms with E-state index in [4.69, 9.17) is 15.2 Å². The van der Waals surface area contributed by atoms with Crippen LogP contribution >= 0.6 is 0 Å². The van der Waals surface area contributed by atoms with Gasteiger partial charge in [-0.05, 0) is 56.5 Å². The summed E-state index contributed by atoms with van der Waals surface area (Å²) in [6.07, 6.45) is 2.72. The van der Waals surface area contributed by atoms with Crippen molar-refractivity contribution in [1.82, 2.24) is 14.9 Å². The minimum Gasteiger partial charge on any atom is -0.496 e. The maximum atomic E-state index is 14.9. The average Bonchev–Trinajstić information content (AvgIpc) is 2.85. The maximum absolute atomic E-state index is 14.9. The third kappa shape index (κ3) is 5.11. The molecule has 0 unspecified atom stereocenters. The first kappa shape index (κ1) is 25.4. The number of ether oxygens (including phenoxy) is 2. The number of hydrogen-bond acceptors (Lipinski definition) is 7. The molecule has 0 spiro atoms. The summed E-state index contributed by atoms with van der Waals surface area (Å²) in [7, 11) is 3.14. The summed E-state index contributed by atoms with van der Waals surface area (Å²) >= 11 is 0. The van der Waals surface area contributed by atoms with E-state index in [1.807, 2.05) is 32.1 Å². The van der Waals surface area contributed by atoms with Gasteiger partial charge in [-0.2, -0.15) is 0 Å². The predicted octanol–water partition coefficient (Wildman–Crippen LogP) is 4.41. The Balaban J connectivity index is 1.73. The molecule has 1 aromatic heterocycles. The van der Waals surface area contributed by atoms with Crippen LogP contribution < -0.4 is 15.8 Å². The number of carbonyl (C=O) groups excluding carboxylic acids is 1. The van der Waals surface area contributed by atoms with E-state index in [-0.39, 0.29) is 24.4 Å². The summed E-state index contributed by atoms with van der Waals surface area (Å²) in [5, 5.41) is 4.16. The first-order chi connectivity index (χ1) is 17.2. The van der Waals surface area contributed by atoms with Crippen LogP contribution in [-0.4, -0.2) is 54.7 Å². The average molecular weight is 494 g/mol. The number of nitrogens with two attached hydrogens (primary N) is 1. The normalized spacial score (nSPS) is 14.5. The Hall–Kier alpha value is -3.72. The monoisotopic (exact) mass is 493 g/mol. The van der Waals surface area contributed by atoms with Gasteiger partial charge in [-0.15, -0.1) is 0 Å². The van der Waals surface area contributed by atoms with Crippen molar-refractivity contribution in [2.24, 2.45) is 0 Å². The molecule has 0 aliphatic carbocycles. The van der Waals surface area contributed by atoms with Gasteiger partial charge in [0.25, 0.3) is 0 Å². The predicted molar refractivity (Wildman–Crippen MR) is 139 cm³/mol. The zero-order chi connectivity index (χ0) is 26.0. The molecule has 1 aliphatic rings. The Morgan fingerprint density at radius 2 is 2.00 bits per heavy atom. The van der Waals surface area contributed by atoms with E-state index in [1.54, 1.807) is 31.1 Å². The van der Waals surface area contributed by atoms with Crippen molar-refractivity contribution in [3.05, 3.63) is 58.7 Å². The standard InChI is InChI=1S/C27H32FN5O3/c1-15-10-19(29)11-20(26(15)28)16(2)30-27-22-12-21(24(36-5)13-23(22)31-17(3)32-27)18-6-8-33(9-7-18)25(34)14-35-4/h6,10-13,16H,7-9,14,29H2,1-5H3,(H,30,31,32)/t16-/m0/s1. The van der Waals surface area contributed by atoms with E-state index in [0.29, 0.717) is 53.7 Å². The highest BCUT2D eigenvalue weighted by Crippen LogP contribution is 2.36. The zero-order valence-corrected chi connectivity index (χ0v) is 21.3. The van der Waals surface area contributed by atoms with Crippen LogP contribution in [0.2, 0.25) is 0 Å². The van der Waals surface area contributed by atoms with Gasteiger partial charge in [0.05, 0.1) is 18.7 Å². The van der Waals surface area contributed by atoms with Crippen molar-refractivity contribution >= 4 is 33.9 Å². The van der Waals surface area contributed by atoms with Gasteiger partial charge in [0.2, 0.25) is 5.91 Å². The first-order valence-electron chi connectivity index (χ1n) is 11.9. The summed E-state index contributed by atoms with van der Waals surface area (Å²) in [6, 6.07) is 6.78. The number of carbonyl (C=O) groups is 1. The lowest BCUT2D eigenvalue weighted by molar-refractivity contribution is -0.134. The van der Waals surface area contributed by atoms with Crippen molar-refractivity contribution in [1.29, 1.82) is 0 Å². The smallest absolute Gasteiger partial charge is 0.248 e. The largest absolute Gasteiger partial charge is 0.496 e. The number of benzene rings is 2. The van der Waals surface area contributed by atoms with E-state index in [1.165, 1.54) is 7.11 Å². The second kappa shape index (κ2) is 10.5. The van der Waals surface area contributed by atoms with Crippen LogP contribution in [-0.2, 0) is 9.53 Å². The quantitative estimate of drug-likeness (QED) is 0.470. The lowest BCUT2D eigenvalue weighted by atomic mass is 9.96. The number of hydrogen-bond donors (Lipinski definition) is 2. The van der Waals surface area contributed by atoms with E-state index in [9.17, 15) is 9.18 Å². The number of nitrogens with zero attached hydrogens (tertiary/aromatic N) is 3. The summed E-state index contributed by atoms with van der Waals surface area (Å²) in [5.74, 6) is 1.55. The maximum Gasteiger partial charge on any atom is 0.248 e. The zero-order valence-electron chi connectivity index (χ0n) is 21.3. The lowest BCUT2D eigenvalue weighted by Crippen LogP contribution is -2.36. The van der Waals surface area contributed by atoms with Crippen molar-refractivity contribution in [2.75, 3.05) is 45.0 Å². The number of aromatic nitrogens is 2. The fourth-order valence-electron chi connectivity index (χ4n) is 4.58. The molecule has 2 aromatic carbocycles. The van der Waals surface area contributed by atoms with Crippen LogP contribution in [0, 0.1) is 19.7 Å². The number of methoxy groups -OCH3 is 2. The molecular weight excluding hydrogens is 461 g/mol. The second-order valence-corrected chi connectivity index (χ2v) is 9.05. The molecule has 1 amide bonds. The van der Waals surface area contributed by atoms with E-state index in [2.05, 4.69) is 15.3 Å². The number of aryl methyl sites for hydroxylation is 2. The van der Waals surface area contributed by atoms with Gasteiger partial charge in [0, 0.05) is 48.5 Å². The van der Waals surface area contributed by atoms with Crippen molar-refractivity contribution in [2.45, 2.75) is 33.2 Å². The molecule has 0 fully saturated rings. The number of halogens is 1. The third-order valence-electron chi connectivity index (χ3n) is 6.43. The number of fused-ring (bicyclic) bond motifs is 1. The van der Waals surface area contributed by atoms with Crippen LogP contribution in [0.3, 0.4) is 0 Å². The van der Waals surface area contributed by atoms with Crippen molar-refractivity contribution in [3.8, 4) is 5.75 Å². The Labute approximate surface area is 210 Å². The Kier molecular flexibility index (Phi) is 7.40. The molecule has 3 N–H and O–H groups in total. The van der Waals surface area contributed by atoms with Crippen LogP contribution in [0.1, 0.15) is 41.9 Å². The summed E-state index contributed by atoms with van der Waals surface area (Å²) in [4.78, 5) is 23.2. The van der Waals surface area contributed by atoms with Crippen LogP contribution in [0.5, 0.6) is 5.75 Å². The number of nitrogens with one attached hydrogen (secondary N) is 1. The summed E-state index contributed by atoms with van der Waals surface area (Å²) in [6.45, 7) is 6.55. The molecule has 4 rings (SSSR count). The van der Waals surface area contributed by atoms with Gasteiger partial charge < -0.3 is 25.4 Å². The van der Waals surface area contributed by atoms with Crippen molar-refractivity contribution in [3.63, 3.8) is 0 Å². The van der Waals surface area contributed by atoms with Crippen molar-refractivity contribution < 1.29 is 18.7 Å². The van der Waals surface area contributed by atoms with Crippen LogP contribution in [0.15, 0.2) is 30.3 Å². The summed E-state index contributed by atoms with van der Waals surface area (Å²) < 4.78 is 25.6. The molecule has 8 nitrogen and oxygen atoms in total. The molecule has 0 saturated carbocycles. The fourth-order valence-corrected chi connectivity index (χ4v) is 4.58. The Morgan fingerprint density at radius 3 is 2.67 bits per heavy atom. The van der Waals surface area contributed by atoms with Gasteiger partial charge in [-0.3, -0.25) is 4.79 Å².